The molecule has 6 nitrogen and oxygen atoms in total. The lowest BCUT2D eigenvalue weighted by atomic mass is 9.70. The maximum atomic E-state index is 12.7. The van der Waals surface area contributed by atoms with Crippen LogP contribution in [0, 0.1) is 22.7 Å². The van der Waals surface area contributed by atoms with E-state index < -0.39 is 0 Å². The summed E-state index contributed by atoms with van der Waals surface area (Å²) in [6.45, 7) is 2.04. The second-order valence-electron chi connectivity index (χ2n) is 8.32. The van der Waals surface area contributed by atoms with Gasteiger partial charge in [0.1, 0.15) is 12.6 Å². The first-order chi connectivity index (χ1) is 15.1. The highest BCUT2D eigenvalue weighted by Gasteiger charge is 2.33. The molecule has 31 heavy (non-hydrogen) atoms. The molecule has 0 unspecified atom stereocenters. The van der Waals surface area contributed by atoms with Crippen LogP contribution in [0.25, 0.3) is 11.0 Å². The highest BCUT2D eigenvalue weighted by molar-refractivity contribution is 5.84. The SMILES string of the molecule is C[C@@H](NC(=O)Cn1cnc2cccc(C#N)c21)c1ccc(C2(C#N)CCCCC2)cc1. The smallest absolute Gasteiger partial charge is 0.240 e. The van der Waals surface area contributed by atoms with Gasteiger partial charge < -0.3 is 9.88 Å². The van der Waals surface area contributed by atoms with Crippen molar-refractivity contribution in [1.29, 1.82) is 10.5 Å². The average molecular weight is 412 g/mol. The molecule has 3 aromatic rings. The number of nitriles is 2. The molecular formula is C25H25N5O. The van der Waals surface area contributed by atoms with Gasteiger partial charge in [0.25, 0.3) is 0 Å². The third-order valence-electron chi connectivity index (χ3n) is 6.33. The Morgan fingerprint density at radius 2 is 1.90 bits per heavy atom. The maximum Gasteiger partial charge on any atom is 0.240 e. The van der Waals surface area contributed by atoms with Crippen molar-refractivity contribution < 1.29 is 4.79 Å². The monoisotopic (exact) mass is 411 g/mol. The van der Waals surface area contributed by atoms with E-state index in [0.29, 0.717) is 16.6 Å². The van der Waals surface area contributed by atoms with Gasteiger partial charge >= 0.3 is 0 Å². The Bertz CT molecular complexity index is 1170. The van der Waals surface area contributed by atoms with Gasteiger partial charge in [-0.25, -0.2) is 4.98 Å². The van der Waals surface area contributed by atoms with Crippen molar-refractivity contribution in [2.24, 2.45) is 0 Å². The Morgan fingerprint density at radius 1 is 1.16 bits per heavy atom. The van der Waals surface area contributed by atoms with Crippen LogP contribution in [0.2, 0.25) is 0 Å². The highest BCUT2D eigenvalue weighted by Crippen LogP contribution is 2.39. The van der Waals surface area contributed by atoms with E-state index in [9.17, 15) is 15.3 Å². The number of carbonyl (C=O) groups excluding carboxylic acids is 1. The molecule has 0 radical (unpaired) electrons. The molecule has 4 rings (SSSR count). The summed E-state index contributed by atoms with van der Waals surface area (Å²) in [4.78, 5) is 17.0. The maximum absolute atomic E-state index is 12.7. The quantitative estimate of drug-likeness (QED) is 0.668. The molecule has 1 aliphatic carbocycles. The molecule has 1 saturated carbocycles. The van der Waals surface area contributed by atoms with Crippen molar-refractivity contribution >= 4 is 16.9 Å². The Morgan fingerprint density at radius 3 is 2.58 bits per heavy atom. The second-order valence-corrected chi connectivity index (χ2v) is 8.32. The Hall–Kier alpha value is -3.64. The zero-order valence-electron chi connectivity index (χ0n) is 17.6. The summed E-state index contributed by atoms with van der Waals surface area (Å²) in [5.74, 6) is -0.149. The fourth-order valence-corrected chi connectivity index (χ4v) is 4.57. The van der Waals surface area contributed by atoms with E-state index in [2.05, 4.69) is 22.4 Å². The summed E-state index contributed by atoms with van der Waals surface area (Å²) in [7, 11) is 0. The number of carbonyl (C=O) groups is 1. The van der Waals surface area contributed by atoms with Crippen LogP contribution in [-0.4, -0.2) is 15.5 Å². The third kappa shape index (κ3) is 4.02. The minimum atomic E-state index is -0.371. The van der Waals surface area contributed by atoms with Crippen LogP contribution in [0.15, 0.2) is 48.8 Å². The van der Waals surface area contributed by atoms with Gasteiger partial charge in [-0.05, 0) is 43.0 Å². The molecule has 1 aliphatic rings. The number of amides is 1. The number of nitrogens with zero attached hydrogens (tertiary/aromatic N) is 4. The van der Waals surface area contributed by atoms with Crippen LogP contribution in [0.1, 0.15) is 61.8 Å². The molecule has 1 aromatic heterocycles. The summed E-state index contributed by atoms with van der Waals surface area (Å²) >= 11 is 0. The van der Waals surface area contributed by atoms with Gasteiger partial charge in [-0.3, -0.25) is 4.79 Å². The number of imidazole rings is 1. The highest BCUT2D eigenvalue weighted by atomic mass is 16.2. The van der Waals surface area contributed by atoms with E-state index >= 15 is 0 Å². The summed E-state index contributed by atoms with van der Waals surface area (Å²) < 4.78 is 1.71. The lowest BCUT2D eigenvalue weighted by Crippen LogP contribution is -2.30. The number of para-hydroxylation sites is 1. The van der Waals surface area contributed by atoms with Gasteiger partial charge in [0, 0.05) is 0 Å². The van der Waals surface area contributed by atoms with Crippen LogP contribution < -0.4 is 5.32 Å². The van der Waals surface area contributed by atoms with Crippen LogP contribution in [0.4, 0.5) is 0 Å². The summed E-state index contributed by atoms with van der Waals surface area (Å²) in [5.41, 5.74) is 3.57. The van der Waals surface area contributed by atoms with Crippen molar-refractivity contribution in [2.75, 3.05) is 0 Å². The molecule has 1 atom stereocenters. The third-order valence-corrected chi connectivity index (χ3v) is 6.33. The topological polar surface area (TPSA) is 94.5 Å². The Balaban J connectivity index is 1.45. The van der Waals surface area contributed by atoms with Crippen molar-refractivity contribution in [3.63, 3.8) is 0 Å². The van der Waals surface area contributed by atoms with Crippen molar-refractivity contribution in [3.05, 3.63) is 65.5 Å². The standard InChI is InChI=1S/C25H25N5O/c1-18(19-8-10-21(11-9-19)25(16-27)12-3-2-4-13-25)29-23(31)15-30-17-28-22-7-5-6-20(14-26)24(22)30/h5-11,17-18H,2-4,12-13,15H2,1H3,(H,29,31)/t18-/m1/s1. The van der Waals surface area contributed by atoms with Crippen molar-refractivity contribution in [2.45, 2.75) is 57.0 Å². The predicted molar refractivity (Wildman–Crippen MR) is 118 cm³/mol. The summed E-state index contributed by atoms with van der Waals surface area (Å²) in [6, 6.07) is 18.0. The van der Waals surface area contributed by atoms with Gasteiger partial charge in [-0.15, -0.1) is 0 Å². The van der Waals surface area contributed by atoms with Crippen LogP contribution >= 0.6 is 0 Å². The molecule has 156 valence electrons. The van der Waals surface area contributed by atoms with E-state index in [0.717, 1.165) is 36.8 Å². The first kappa shape index (κ1) is 20.6. The Labute approximate surface area is 182 Å². The zero-order chi connectivity index (χ0) is 21.8. The number of rotatable bonds is 5. The van der Waals surface area contributed by atoms with Crippen molar-refractivity contribution in [1.82, 2.24) is 14.9 Å². The Kier molecular flexibility index (Phi) is 5.73. The first-order valence-corrected chi connectivity index (χ1v) is 10.7. The van der Waals surface area contributed by atoms with Crippen LogP contribution in [0.3, 0.4) is 0 Å². The molecule has 0 spiro atoms. The predicted octanol–water partition coefficient (Wildman–Crippen LogP) is 4.51. The molecular weight excluding hydrogens is 386 g/mol. The van der Waals surface area contributed by atoms with Gasteiger partial charge in [0.05, 0.1) is 40.5 Å². The summed E-state index contributed by atoms with van der Waals surface area (Å²) in [5, 5.41) is 22.2. The minimum absolute atomic E-state index is 0.0924. The van der Waals surface area contributed by atoms with Crippen LogP contribution in [0.5, 0.6) is 0 Å². The van der Waals surface area contributed by atoms with E-state index in [4.69, 9.17) is 0 Å². The number of benzene rings is 2. The van der Waals surface area contributed by atoms with E-state index in [-0.39, 0.29) is 23.9 Å². The molecule has 1 fully saturated rings. The first-order valence-electron chi connectivity index (χ1n) is 10.7. The van der Waals surface area contributed by atoms with E-state index in [1.807, 2.05) is 37.3 Å². The minimum Gasteiger partial charge on any atom is -0.348 e. The van der Waals surface area contributed by atoms with E-state index in [1.54, 1.807) is 23.0 Å². The summed E-state index contributed by atoms with van der Waals surface area (Å²) in [6.07, 6.45) is 6.82. The molecule has 0 aliphatic heterocycles. The van der Waals surface area contributed by atoms with Gasteiger partial charge in [0.15, 0.2) is 0 Å². The van der Waals surface area contributed by atoms with Crippen LogP contribution in [-0.2, 0) is 16.8 Å². The molecule has 1 amide bonds. The van der Waals surface area contributed by atoms with Crippen molar-refractivity contribution in [3.8, 4) is 12.1 Å². The lowest BCUT2D eigenvalue weighted by molar-refractivity contribution is -0.122. The molecule has 0 saturated heterocycles. The van der Waals surface area contributed by atoms with Gasteiger partial charge in [-0.1, -0.05) is 49.6 Å². The molecule has 1 heterocycles. The second kappa shape index (κ2) is 8.62. The molecule has 2 aromatic carbocycles. The molecule has 6 heteroatoms. The average Bonchev–Trinajstić information content (AvgIpc) is 3.22. The number of nitrogens with one attached hydrogen (secondary N) is 1. The molecule has 1 N–H and O–H groups in total. The molecule has 0 bridgehead atoms. The number of aromatic nitrogens is 2. The number of hydrogen-bond acceptors (Lipinski definition) is 4. The fraction of sp³-hybridized carbons (Fsp3) is 0.360. The zero-order valence-corrected chi connectivity index (χ0v) is 17.6. The fourth-order valence-electron chi connectivity index (χ4n) is 4.57. The van der Waals surface area contributed by atoms with Gasteiger partial charge in [0.2, 0.25) is 5.91 Å². The van der Waals surface area contributed by atoms with Gasteiger partial charge in [-0.2, -0.15) is 10.5 Å². The lowest BCUT2D eigenvalue weighted by Gasteiger charge is -2.31. The number of hydrogen-bond donors (Lipinski definition) is 1. The van der Waals surface area contributed by atoms with E-state index in [1.165, 1.54) is 6.42 Å². The largest absolute Gasteiger partial charge is 0.348 e. The number of fused-ring (bicyclic) bond motifs is 1. The normalized spacial score (nSPS) is 16.2.